The molecular formula is C14H15BrNO2S+. The van der Waals surface area contributed by atoms with Crippen LogP contribution in [0.3, 0.4) is 0 Å². The van der Waals surface area contributed by atoms with E-state index in [0.717, 1.165) is 15.0 Å². The van der Waals surface area contributed by atoms with Crippen LogP contribution in [0.5, 0.6) is 0 Å². The summed E-state index contributed by atoms with van der Waals surface area (Å²) in [5, 5.41) is 8.97. The van der Waals surface area contributed by atoms with E-state index in [0.29, 0.717) is 18.5 Å². The Kier molecular flexibility index (Phi) is 4.85. The van der Waals surface area contributed by atoms with Crippen molar-refractivity contribution in [3.05, 3.63) is 50.4 Å². The van der Waals surface area contributed by atoms with E-state index >= 15 is 0 Å². The van der Waals surface area contributed by atoms with Gasteiger partial charge in [0.15, 0.2) is 5.69 Å². The zero-order valence-corrected chi connectivity index (χ0v) is 13.0. The van der Waals surface area contributed by atoms with Crippen LogP contribution in [-0.4, -0.2) is 17.5 Å². The van der Waals surface area contributed by atoms with Crippen LogP contribution in [-0.2, 0) is 13.0 Å². The number of aliphatic hydroxyl groups is 1. The van der Waals surface area contributed by atoms with Gasteiger partial charge < -0.3 is 5.11 Å². The zero-order valence-electron chi connectivity index (χ0n) is 10.6. The molecule has 0 spiro atoms. The van der Waals surface area contributed by atoms with Gasteiger partial charge in [-0.2, -0.15) is 4.57 Å². The lowest BCUT2D eigenvalue weighted by molar-refractivity contribution is -0.684. The lowest BCUT2D eigenvalue weighted by atomic mass is 10.1. The molecule has 0 radical (unpaired) electrons. The molecule has 0 unspecified atom stereocenters. The summed E-state index contributed by atoms with van der Waals surface area (Å²) in [5.41, 5.74) is 3.71. The minimum absolute atomic E-state index is 0.0916. The largest absolute Gasteiger partial charge is 0.396 e. The van der Waals surface area contributed by atoms with Gasteiger partial charge in [0.25, 0.3) is 0 Å². The van der Waals surface area contributed by atoms with Gasteiger partial charge in [-0.25, -0.2) is 0 Å². The van der Waals surface area contributed by atoms with E-state index in [1.165, 1.54) is 0 Å². The molecule has 5 heteroatoms. The average Bonchev–Trinajstić information content (AvgIpc) is 2.73. The van der Waals surface area contributed by atoms with E-state index in [-0.39, 0.29) is 12.4 Å². The summed E-state index contributed by atoms with van der Waals surface area (Å²) in [4.78, 5) is 13.3. The highest BCUT2D eigenvalue weighted by atomic mass is 79.9. The minimum Gasteiger partial charge on any atom is -0.396 e. The number of carbonyl (C=O) groups excluding carboxylic acids is 1. The fourth-order valence-corrected chi connectivity index (χ4v) is 3.08. The second-order valence-electron chi connectivity index (χ2n) is 4.26. The van der Waals surface area contributed by atoms with E-state index in [1.807, 2.05) is 41.3 Å². The number of carbonyl (C=O) groups is 1. The molecule has 2 aromatic rings. The van der Waals surface area contributed by atoms with E-state index in [2.05, 4.69) is 15.9 Å². The molecule has 1 aromatic carbocycles. The molecule has 0 amide bonds. The summed E-state index contributed by atoms with van der Waals surface area (Å²) in [7, 11) is 0. The first-order valence-electron chi connectivity index (χ1n) is 5.98. The number of rotatable bonds is 5. The summed E-state index contributed by atoms with van der Waals surface area (Å²) < 4.78 is 2.91. The Balaban J connectivity index is 2.12. The van der Waals surface area contributed by atoms with Crippen LogP contribution in [0.15, 0.2) is 34.2 Å². The van der Waals surface area contributed by atoms with Crippen LogP contribution < -0.4 is 4.57 Å². The van der Waals surface area contributed by atoms with Gasteiger partial charge in [-0.1, -0.05) is 39.4 Å². The fourth-order valence-electron chi connectivity index (χ4n) is 1.83. The van der Waals surface area contributed by atoms with Crippen molar-refractivity contribution in [1.82, 2.24) is 0 Å². The van der Waals surface area contributed by atoms with E-state index in [4.69, 9.17) is 5.11 Å². The van der Waals surface area contributed by atoms with Crippen molar-refractivity contribution in [2.24, 2.45) is 0 Å². The highest BCUT2D eigenvalue weighted by Gasteiger charge is 2.19. The molecule has 0 aliphatic carbocycles. The molecule has 1 N–H and O–H groups in total. The number of Topliss-reactive ketones (excluding diaryl/α,β-unsaturated/α-hetero) is 1. The first kappa shape index (κ1) is 14.4. The second kappa shape index (κ2) is 6.41. The topological polar surface area (TPSA) is 41.2 Å². The van der Waals surface area contributed by atoms with Gasteiger partial charge in [-0.15, -0.1) is 0 Å². The predicted octanol–water partition coefficient (Wildman–Crippen LogP) is 2.52. The maximum absolute atomic E-state index is 12.2. The maximum atomic E-state index is 12.2. The number of aromatic nitrogens is 1. The Morgan fingerprint density at radius 1 is 1.37 bits per heavy atom. The summed E-state index contributed by atoms with van der Waals surface area (Å²) in [5.74, 6) is 0.0916. The smallest absolute Gasteiger partial charge is 0.227 e. The maximum Gasteiger partial charge on any atom is 0.227 e. The van der Waals surface area contributed by atoms with Crippen molar-refractivity contribution in [2.45, 2.75) is 19.9 Å². The standard InChI is InChI=1S/C14H15BrNO2S/c1-10-14(6-7-17)19-9-16(10)8-13(18)11-2-4-12(15)5-3-11/h2-5,9,17H,6-8H2,1H3/q+1. The molecule has 100 valence electrons. The van der Waals surface area contributed by atoms with Gasteiger partial charge in [0.1, 0.15) is 0 Å². The van der Waals surface area contributed by atoms with Crippen molar-refractivity contribution in [2.75, 3.05) is 6.61 Å². The minimum atomic E-state index is 0.0916. The van der Waals surface area contributed by atoms with E-state index in [9.17, 15) is 4.79 Å². The lowest BCUT2D eigenvalue weighted by Gasteiger charge is -1.98. The average molecular weight is 341 g/mol. The van der Waals surface area contributed by atoms with Crippen molar-refractivity contribution < 1.29 is 14.5 Å². The second-order valence-corrected chi connectivity index (χ2v) is 6.12. The number of hydrogen-bond donors (Lipinski definition) is 1. The highest BCUT2D eigenvalue weighted by Crippen LogP contribution is 2.13. The first-order chi connectivity index (χ1) is 9.11. The van der Waals surface area contributed by atoms with E-state index < -0.39 is 0 Å². The lowest BCUT2D eigenvalue weighted by Crippen LogP contribution is -2.38. The third-order valence-corrected chi connectivity index (χ3v) is 4.65. The van der Waals surface area contributed by atoms with E-state index in [1.54, 1.807) is 11.3 Å². The van der Waals surface area contributed by atoms with Crippen molar-refractivity contribution in [3.8, 4) is 0 Å². The summed E-state index contributed by atoms with van der Waals surface area (Å²) >= 11 is 4.94. The molecule has 19 heavy (non-hydrogen) atoms. The van der Waals surface area contributed by atoms with Crippen LogP contribution in [0.25, 0.3) is 0 Å². The molecule has 1 heterocycles. The van der Waals surface area contributed by atoms with Crippen molar-refractivity contribution in [1.29, 1.82) is 0 Å². The molecule has 1 aromatic heterocycles. The number of hydrogen-bond acceptors (Lipinski definition) is 3. The van der Waals surface area contributed by atoms with Gasteiger partial charge in [0.2, 0.25) is 17.8 Å². The van der Waals surface area contributed by atoms with Crippen LogP contribution >= 0.6 is 27.3 Å². The first-order valence-corrected chi connectivity index (χ1v) is 7.65. The monoisotopic (exact) mass is 340 g/mol. The number of nitrogens with zero attached hydrogens (tertiary/aromatic N) is 1. The SMILES string of the molecule is Cc1c(CCO)sc[n+]1CC(=O)c1ccc(Br)cc1. The number of thiazole rings is 1. The Bertz CT molecular complexity index is 578. The molecule has 0 saturated carbocycles. The molecule has 0 fully saturated rings. The van der Waals surface area contributed by atoms with Crippen LogP contribution in [0.1, 0.15) is 20.9 Å². The number of halogens is 1. The van der Waals surface area contributed by atoms with Crippen LogP contribution in [0, 0.1) is 6.92 Å². The summed E-state index contributed by atoms with van der Waals surface area (Å²) in [6.45, 7) is 2.47. The van der Waals surface area contributed by atoms with Gasteiger partial charge >= 0.3 is 0 Å². The summed E-state index contributed by atoms with van der Waals surface area (Å²) in [6.07, 6.45) is 0.649. The normalized spacial score (nSPS) is 10.7. The van der Waals surface area contributed by atoms with Crippen LogP contribution in [0.4, 0.5) is 0 Å². The Morgan fingerprint density at radius 3 is 2.68 bits per heavy atom. The Hall–Kier alpha value is -1.04. The number of benzene rings is 1. The molecule has 0 atom stereocenters. The van der Waals surface area contributed by atoms with Gasteiger partial charge in [-0.05, 0) is 12.1 Å². The third-order valence-electron chi connectivity index (χ3n) is 2.98. The van der Waals surface area contributed by atoms with Crippen molar-refractivity contribution in [3.63, 3.8) is 0 Å². The molecule has 3 nitrogen and oxygen atoms in total. The number of ketones is 1. The third kappa shape index (κ3) is 3.49. The van der Waals surface area contributed by atoms with Gasteiger partial charge in [-0.3, -0.25) is 4.79 Å². The number of aliphatic hydroxyl groups excluding tert-OH is 1. The van der Waals surface area contributed by atoms with Crippen molar-refractivity contribution >= 4 is 33.0 Å². The molecule has 0 aliphatic heterocycles. The highest BCUT2D eigenvalue weighted by molar-refractivity contribution is 9.10. The molecule has 2 rings (SSSR count). The fraction of sp³-hybridized carbons (Fsp3) is 0.286. The summed E-state index contributed by atoms with van der Waals surface area (Å²) in [6, 6.07) is 7.39. The molecule has 0 saturated heterocycles. The van der Waals surface area contributed by atoms with Gasteiger partial charge in [0, 0.05) is 30.0 Å². The Labute approximate surface area is 124 Å². The van der Waals surface area contributed by atoms with Crippen LogP contribution in [0.2, 0.25) is 0 Å². The molecular weight excluding hydrogens is 326 g/mol. The molecule has 0 aliphatic rings. The zero-order chi connectivity index (χ0) is 13.8. The molecule has 0 bridgehead atoms. The quantitative estimate of drug-likeness (QED) is 0.671. The predicted molar refractivity (Wildman–Crippen MR) is 78.5 cm³/mol. The Morgan fingerprint density at radius 2 is 2.05 bits per heavy atom. The van der Waals surface area contributed by atoms with Gasteiger partial charge in [0.05, 0.1) is 4.88 Å².